The first-order chi connectivity index (χ1) is 17.3. The van der Waals surface area contributed by atoms with Gasteiger partial charge in [-0.15, -0.1) is 10.2 Å². The van der Waals surface area contributed by atoms with Gasteiger partial charge in [-0.3, -0.25) is 19.3 Å². The molecule has 0 aliphatic carbocycles. The molecule has 5 rings (SSSR count). The van der Waals surface area contributed by atoms with E-state index in [1.54, 1.807) is 59.3 Å². The molecule has 0 saturated heterocycles. The van der Waals surface area contributed by atoms with Crippen LogP contribution in [-0.2, 0) is 4.79 Å². The Hall–Kier alpha value is -4.86. The summed E-state index contributed by atoms with van der Waals surface area (Å²) in [5, 5.41) is 18.8. The van der Waals surface area contributed by atoms with Gasteiger partial charge in [0.2, 0.25) is 5.91 Å². The van der Waals surface area contributed by atoms with Crippen LogP contribution in [-0.4, -0.2) is 48.6 Å². The fourth-order valence-electron chi connectivity index (χ4n) is 4.07. The van der Waals surface area contributed by atoms with E-state index in [1.807, 2.05) is 26.0 Å². The van der Waals surface area contributed by atoms with Gasteiger partial charge in [-0.2, -0.15) is 5.10 Å². The van der Waals surface area contributed by atoms with Gasteiger partial charge in [0.1, 0.15) is 6.04 Å². The van der Waals surface area contributed by atoms with Crippen LogP contribution in [0.1, 0.15) is 39.0 Å². The molecule has 1 unspecified atom stereocenters. The molecule has 3 heterocycles. The van der Waals surface area contributed by atoms with E-state index < -0.39 is 23.8 Å². The number of nitrogens with one attached hydrogen (secondary N) is 2. The zero-order valence-electron chi connectivity index (χ0n) is 19.9. The molecule has 0 fully saturated rings. The summed E-state index contributed by atoms with van der Waals surface area (Å²) in [6.45, 7) is 5.40. The normalized spacial score (nSPS) is 13.5. The Morgan fingerprint density at radius 3 is 2.06 bits per heavy atom. The van der Waals surface area contributed by atoms with Gasteiger partial charge in [-0.05, 0) is 75.4 Å². The van der Waals surface area contributed by atoms with Gasteiger partial charge in [0, 0.05) is 17.1 Å². The average molecular weight is 482 g/mol. The fourth-order valence-corrected chi connectivity index (χ4v) is 4.07. The lowest BCUT2D eigenvalue weighted by Crippen LogP contribution is -2.45. The van der Waals surface area contributed by atoms with Crippen molar-refractivity contribution in [3.63, 3.8) is 0 Å². The number of benzene rings is 2. The summed E-state index contributed by atoms with van der Waals surface area (Å²) < 4.78 is 1.73. The molecule has 2 aromatic carbocycles. The van der Waals surface area contributed by atoms with Gasteiger partial charge in [0.25, 0.3) is 11.8 Å². The minimum atomic E-state index is -0.966. The maximum atomic E-state index is 12.8. The van der Waals surface area contributed by atoms with Gasteiger partial charge in [0.15, 0.2) is 11.6 Å². The summed E-state index contributed by atoms with van der Waals surface area (Å²) in [6.07, 6.45) is 0. The van der Waals surface area contributed by atoms with Gasteiger partial charge < -0.3 is 10.6 Å². The van der Waals surface area contributed by atoms with Crippen molar-refractivity contribution < 1.29 is 14.4 Å². The quantitative estimate of drug-likeness (QED) is 0.403. The Balaban J connectivity index is 1.22. The van der Waals surface area contributed by atoms with Crippen LogP contribution < -0.4 is 10.6 Å². The zero-order valence-corrected chi connectivity index (χ0v) is 19.9. The molecule has 2 aromatic heterocycles. The second-order valence-electron chi connectivity index (χ2n) is 8.51. The van der Waals surface area contributed by atoms with Gasteiger partial charge in [-0.1, -0.05) is 12.1 Å². The van der Waals surface area contributed by atoms with Crippen molar-refractivity contribution in [1.82, 2.24) is 24.9 Å². The summed E-state index contributed by atoms with van der Waals surface area (Å²) >= 11 is 0. The lowest BCUT2D eigenvalue weighted by molar-refractivity contribution is -0.119. The molecule has 36 heavy (non-hydrogen) atoms. The summed E-state index contributed by atoms with van der Waals surface area (Å²) in [5.41, 5.74) is 3.76. The third kappa shape index (κ3) is 4.20. The van der Waals surface area contributed by atoms with E-state index in [4.69, 9.17) is 0 Å². The molecule has 0 radical (unpaired) electrons. The number of carbonyl (C=O) groups excluding carboxylic acids is 3. The second kappa shape index (κ2) is 9.06. The molecule has 1 aliphatic rings. The van der Waals surface area contributed by atoms with Crippen molar-refractivity contribution in [1.29, 1.82) is 0 Å². The summed E-state index contributed by atoms with van der Waals surface area (Å²) in [6, 6.07) is 18.2. The van der Waals surface area contributed by atoms with Crippen LogP contribution in [0, 0.1) is 13.8 Å². The van der Waals surface area contributed by atoms with Gasteiger partial charge in [-0.25, -0.2) is 4.68 Å². The van der Waals surface area contributed by atoms with Crippen molar-refractivity contribution >= 4 is 34.9 Å². The van der Waals surface area contributed by atoms with Gasteiger partial charge in [0.05, 0.1) is 16.8 Å². The number of hydrogen-bond acceptors (Lipinski definition) is 7. The van der Waals surface area contributed by atoms with Crippen LogP contribution in [0.15, 0.2) is 66.7 Å². The van der Waals surface area contributed by atoms with E-state index >= 15 is 0 Å². The number of aryl methyl sites for hydroxylation is 2. The first-order valence-corrected chi connectivity index (χ1v) is 11.3. The van der Waals surface area contributed by atoms with Crippen molar-refractivity contribution in [3.05, 3.63) is 89.2 Å². The first-order valence-electron chi connectivity index (χ1n) is 11.3. The van der Waals surface area contributed by atoms with E-state index in [0.717, 1.165) is 22.0 Å². The Morgan fingerprint density at radius 1 is 0.861 bits per heavy atom. The van der Waals surface area contributed by atoms with E-state index in [9.17, 15) is 14.4 Å². The maximum absolute atomic E-state index is 12.8. The van der Waals surface area contributed by atoms with Crippen LogP contribution in [0.4, 0.5) is 17.2 Å². The zero-order chi connectivity index (χ0) is 25.4. The molecular formula is C26H23N7O3. The van der Waals surface area contributed by atoms with Crippen LogP contribution in [0.5, 0.6) is 0 Å². The number of hydrogen-bond donors (Lipinski definition) is 2. The monoisotopic (exact) mass is 481 g/mol. The molecule has 0 bridgehead atoms. The van der Waals surface area contributed by atoms with Crippen LogP contribution in [0.2, 0.25) is 0 Å². The Kier molecular flexibility index (Phi) is 5.77. The lowest BCUT2D eigenvalue weighted by atomic mass is 10.1. The summed E-state index contributed by atoms with van der Waals surface area (Å²) in [4.78, 5) is 39.1. The summed E-state index contributed by atoms with van der Waals surface area (Å²) in [7, 11) is 0. The molecule has 1 atom stereocenters. The molecule has 4 aromatic rings. The van der Waals surface area contributed by atoms with Crippen molar-refractivity contribution in [2.45, 2.75) is 26.8 Å². The third-order valence-electron chi connectivity index (χ3n) is 5.89. The molecule has 3 amide bonds. The average Bonchev–Trinajstić information content (AvgIpc) is 3.35. The minimum Gasteiger partial charge on any atom is -0.339 e. The lowest BCUT2D eigenvalue weighted by Gasteiger charge is -2.21. The highest BCUT2D eigenvalue weighted by atomic mass is 16.2. The molecular weight excluding hydrogens is 458 g/mol. The first kappa shape index (κ1) is 22.9. The SMILES string of the molecule is Cc1cc(C)n(-c2ccc(Nc3ccc(NC(=O)C(C)N4C(=O)c5ccccc5C4=O)cc3)nn2)n1. The number of aromatic nitrogens is 4. The number of anilines is 3. The standard InChI is InChI=1S/C26H23N7O3/c1-15-14-16(2)33(31-15)23-13-12-22(29-30-23)27-18-8-10-19(11-9-18)28-24(34)17(3)32-25(35)20-6-4-5-7-21(20)26(32)36/h4-14,17H,1-3H3,(H,27,29)(H,28,34). The maximum Gasteiger partial charge on any atom is 0.262 e. The van der Waals surface area contributed by atoms with Gasteiger partial charge >= 0.3 is 0 Å². The molecule has 0 saturated carbocycles. The Bertz CT molecular complexity index is 1440. The highest BCUT2D eigenvalue weighted by Gasteiger charge is 2.40. The number of nitrogens with zero attached hydrogens (tertiary/aromatic N) is 5. The van der Waals surface area contributed by atoms with E-state index in [0.29, 0.717) is 28.5 Å². The highest BCUT2D eigenvalue weighted by Crippen LogP contribution is 2.25. The number of imide groups is 1. The highest BCUT2D eigenvalue weighted by molar-refractivity contribution is 6.23. The van der Waals surface area contributed by atoms with Crippen molar-refractivity contribution in [2.24, 2.45) is 0 Å². The van der Waals surface area contributed by atoms with Crippen LogP contribution >= 0.6 is 0 Å². The number of carbonyl (C=O) groups is 3. The Labute approximate surface area is 207 Å². The largest absolute Gasteiger partial charge is 0.339 e. The molecule has 2 N–H and O–H groups in total. The van der Waals surface area contributed by atoms with Crippen LogP contribution in [0.25, 0.3) is 5.82 Å². The molecule has 0 spiro atoms. The predicted octanol–water partition coefficient (Wildman–Crippen LogP) is 3.65. The molecule has 10 nitrogen and oxygen atoms in total. The molecule has 180 valence electrons. The van der Waals surface area contributed by atoms with Crippen LogP contribution in [0.3, 0.4) is 0 Å². The second-order valence-corrected chi connectivity index (χ2v) is 8.51. The van der Waals surface area contributed by atoms with Crippen molar-refractivity contribution in [3.8, 4) is 5.82 Å². The van der Waals surface area contributed by atoms with E-state index in [1.165, 1.54) is 6.92 Å². The third-order valence-corrected chi connectivity index (χ3v) is 5.89. The van der Waals surface area contributed by atoms with E-state index in [-0.39, 0.29) is 0 Å². The van der Waals surface area contributed by atoms with E-state index in [2.05, 4.69) is 25.9 Å². The smallest absolute Gasteiger partial charge is 0.262 e. The number of rotatable bonds is 6. The number of amides is 3. The fraction of sp³-hybridized carbons (Fsp3) is 0.154. The summed E-state index contributed by atoms with van der Waals surface area (Å²) in [5.74, 6) is -0.228. The predicted molar refractivity (Wildman–Crippen MR) is 133 cm³/mol. The topological polar surface area (TPSA) is 122 Å². The molecule has 1 aliphatic heterocycles. The Morgan fingerprint density at radius 2 is 1.50 bits per heavy atom. The van der Waals surface area contributed by atoms with Crippen molar-refractivity contribution in [2.75, 3.05) is 10.6 Å². The molecule has 10 heteroatoms. The minimum absolute atomic E-state index is 0.309. The number of fused-ring (bicyclic) bond motifs is 1.